The molecule has 0 N–H and O–H groups in total. The second-order valence-electron chi connectivity index (χ2n) is 3.99. The largest absolute Gasteiger partial charge is 0.493 e. The summed E-state index contributed by atoms with van der Waals surface area (Å²) in [6.07, 6.45) is 0.316. The lowest BCUT2D eigenvalue weighted by Crippen LogP contribution is -1.96. The molecule has 92 valence electrons. The maximum Gasteiger partial charge on any atom is 0.162 e. The Labute approximate surface area is 106 Å². The standard InChI is InChI=1S/C14H14N2O2/c1-9-6-10-7-13(17-2)14(18-3)8-12(10)16-11(9)4-5-15/h6-8H,4H2,1-3H3. The van der Waals surface area contributed by atoms with Gasteiger partial charge in [0.15, 0.2) is 11.5 Å². The SMILES string of the molecule is COc1cc2cc(C)c(CC#N)nc2cc1OC. The molecule has 0 fully saturated rings. The summed E-state index contributed by atoms with van der Waals surface area (Å²) in [5.74, 6) is 1.32. The van der Waals surface area contributed by atoms with E-state index in [2.05, 4.69) is 11.1 Å². The van der Waals surface area contributed by atoms with Crippen molar-refractivity contribution < 1.29 is 9.47 Å². The van der Waals surface area contributed by atoms with Crippen LogP contribution in [0.15, 0.2) is 18.2 Å². The number of nitriles is 1. The van der Waals surface area contributed by atoms with Crippen LogP contribution in [0.4, 0.5) is 0 Å². The zero-order valence-electron chi connectivity index (χ0n) is 10.7. The summed E-state index contributed by atoms with van der Waals surface area (Å²) in [4.78, 5) is 4.49. The van der Waals surface area contributed by atoms with Gasteiger partial charge in [-0.3, -0.25) is 4.98 Å². The molecule has 18 heavy (non-hydrogen) atoms. The molecule has 0 amide bonds. The molecule has 1 aromatic heterocycles. The van der Waals surface area contributed by atoms with E-state index in [9.17, 15) is 0 Å². The van der Waals surface area contributed by atoms with Gasteiger partial charge in [-0.1, -0.05) is 0 Å². The lowest BCUT2D eigenvalue weighted by atomic mass is 10.1. The molecule has 4 nitrogen and oxygen atoms in total. The van der Waals surface area contributed by atoms with Gasteiger partial charge in [0, 0.05) is 11.5 Å². The molecule has 0 aliphatic heterocycles. The third-order valence-electron chi connectivity index (χ3n) is 2.86. The highest BCUT2D eigenvalue weighted by atomic mass is 16.5. The van der Waals surface area contributed by atoms with E-state index in [0.29, 0.717) is 17.9 Å². The normalized spacial score (nSPS) is 10.1. The van der Waals surface area contributed by atoms with Crippen LogP contribution >= 0.6 is 0 Å². The van der Waals surface area contributed by atoms with Crippen LogP contribution in [0.5, 0.6) is 11.5 Å². The van der Waals surface area contributed by atoms with Gasteiger partial charge in [-0.2, -0.15) is 5.26 Å². The number of aryl methyl sites for hydroxylation is 1. The molecule has 1 heterocycles. The first-order chi connectivity index (χ1) is 8.69. The van der Waals surface area contributed by atoms with Gasteiger partial charge in [0.05, 0.1) is 37.9 Å². The zero-order chi connectivity index (χ0) is 13.1. The molecule has 4 heteroatoms. The minimum absolute atomic E-state index is 0.316. The van der Waals surface area contributed by atoms with Crippen molar-refractivity contribution in [2.75, 3.05) is 14.2 Å². The second-order valence-corrected chi connectivity index (χ2v) is 3.99. The third-order valence-corrected chi connectivity index (χ3v) is 2.86. The van der Waals surface area contributed by atoms with Gasteiger partial charge in [-0.25, -0.2) is 0 Å². The van der Waals surface area contributed by atoms with Crippen molar-refractivity contribution in [1.29, 1.82) is 5.26 Å². The van der Waals surface area contributed by atoms with Gasteiger partial charge in [0.2, 0.25) is 0 Å². The van der Waals surface area contributed by atoms with Gasteiger partial charge in [0.25, 0.3) is 0 Å². The van der Waals surface area contributed by atoms with Crippen molar-refractivity contribution in [1.82, 2.24) is 4.98 Å². The van der Waals surface area contributed by atoms with E-state index in [0.717, 1.165) is 22.2 Å². The number of ether oxygens (including phenoxy) is 2. The molecule has 2 rings (SSSR count). The van der Waals surface area contributed by atoms with Gasteiger partial charge in [-0.05, 0) is 24.6 Å². The Bertz CT molecular complexity index is 630. The van der Waals surface area contributed by atoms with Crippen LogP contribution in [0.25, 0.3) is 10.9 Å². The molecule has 1 aromatic carbocycles. The topological polar surface area (TPSA) is 55.1 Å². The predicted molar refractivity (Wildman–Crippen MR) is 68.9 cm³/mol. The summed E-state index contributed by atoms with van der Waals surface area (Å²) >= 11 is 0. The van der Waals surface area contributed by atoms with Gasteiger partial charge < -0.3 is 9.47 Å². The van der Waals surface area contributed by atoms with Crippen LogP contribution in [0, 0.1) is 18.3 Å². The quantitative estimate of drug-likeness (QED) is 0.830. The van der Waals surface area contributed by atoms with E-state index < -0.39 is 0 Å². The first-order valence-corrected chi connectivity index (χ1v) is 5.58. The summed E-state index contributed by atoms with van der Waals surface area (Å²) in [6, 6.07) is 7.85. The van der Waals surface area contributed by atoms with Crippen molar-refractivity contribution in [2.45, 2.75) is 13.3 Å². The maximum absolute atomic E-state index is 8.76. The van der Waals surface area contributed by atoms with Crippen molar-refractivity contribution in [2.24, 2.45) is 0 Å². The number of fused-ring (bicyclic) bond motifs is 1. The third kappa shape index (κ3) is 2.07. The average Bonchev–Trinajstić information content (AvgIpc) is 2.38. The van der Waals surface area contributed by atoms with Gasteiger partial charge in [-0.15, -0.1) is 0 Å². The molecular weight excluding hydrogens is 228 g/mol. The smallest absolute Gasteiger partial charge is 0.162 e. The highest BCUT2D eigenvalue weighted by molar-refractivity contribution is 5.83. The molecular formula is C14H14N2O2. The number of nitrogens with zero attached hydrogens (tertiary/aromatic N) is 2. The monoisotopic (exact) mass is 242 g/mol. The Kier molecular flexibility index (Phi) is 3.33. The summed E-state index contributed by atoms with van der Waals surface area (Å²) in [6.45, 7) is 1.95. The van der Waals surface area contributed by atoms with Crippen LogP contribution in [0.1, 0.15) is 11.3 Å². The van der Waals surface area contributed by atoms with Crippen LogP contribution < -0.4 is 9.47 Å². The van der Waals surface area contributed by atoms with Crippen molar-refractivity contribution in [3.05, 3.63) is 29.5 Å². The molecule has 0 aliphatic rings. The Morgan fingerprint density at radius 1 is 1.17 bits per heavy atom. The Morgan fingerprint density at radius 3 is 2.44 bits per heavy atom. The summed E-state index contributed by atoms with van der Waals surface area (Å²) in [5.41, 5.74) is 2.62. The number of hydrogen-bond donors (Lipinski definition) is 0. The number of rotatable bonds is 3. The van der Waals surface area contributed by atoms with Gasteiger partial charge >= 0.3 is 0 Å². The molecule has 0 radical (unpaired) electrons. The number of aromatic nitrogens is 1. The van der Waals surface area contributed by atoms with Crippen LogP contribution in [-0.4, -0.2) is 19.2 Å². The number of hydrogen-bond acceptors (Lipinski definition) is 4. The Hall–Kier alpha value is -2.28. The van der Waals surface area contributed by atoms with E-state index in [1.165, 1.54) is 0 Å². The fourth-order valence-electron chi connectivity index (χ4n) is 1.90. The molecule has 0 saturated heterocycles. The molecule has 2 aromatic rings. The number of benzene rings is 1. The summed E-state index contributed by atoms with van der Waals surface area (Å²) in [5, 5.41) is 9.74. The molecule has 0 unspecified atom stereocenters. The van der Waals surface area contributed by atoms with Crippen molar-refractivity contribution in [3.8, 4) is 17.6 Å². The summed E-state index contributed by atoms with van der Waals surface area (Å²) in [7, 11) is 3.20. The molecule has 0 aliphatic carbocycles. The first-order valence-electron chi connectivity index (χ1n) is 5.58. The lowest BCUT2D eigenvalue weighted by Gasteiger charge is -2.10. The maximum atomic E-state index is 8.76. The Balaban J connectivity index is 2.66. The van der Waals surface area contributed by atoms with Gasteiger partial charge in [0.1, 0.15) is 0 Å². The number of methoxy groups -OCH3 is 2. The van der Waals surface area contributed by atoms with E-state index in [1.54, 1.807) is 14.2 Å². The minimum atomic E-state index is 0.316. The predicted octanol–water partition coefficient (Wildman–Crippen LogP) is 2.63. The highest BCUT2D eigenvalue weighted by Crippen LogP contribution is 2.32. The molecule has 0 bridgehead atoms. The average molecular weight is 242 g/mol. The zero-order valence-corrected chi connectivity index (χ0v) is 10.7. The van der Waals surface area contributed by atoms with Crippen LogP contribution in [0.3, 0.4) is 0 Å². The van der Waals surface area contributed by atoms with E-state index in [-0.39, 0.29) is 0 Å². The molecule has 0 atom stereocenters. The fourth-order valence-corrected chi connectivity index (χ4v) is 1.90. The van der Waals surface area contributed by atoms with Crippen LogP contribution in [0.2, 0.25) is 0 Å². The van der Waals surface area contributed by atoms with E-state index in [1.807, 2.05) is 25.1 Å². The van der Waals surface area contributed by atoms with E-state index in [4.69, 9.17) is 14.7 Å². The highest BCUT2D eigenvalue weighted by Gasteiger charge is 2.09. The molecule has 0 saturated carbocycles. The first kappa shape index (κ1) is 12.2. The second kappa shape index (κ2) is 4.92. The minimum Gasteiger partial charge on any atom is -0.493 e. The molecule has 0 spiro atoms. The summed E-state index contributed by atoms with van der Waals surface area (Å²) < 4.78 is 10.5. The number of pyridine rings is 1. The van der Waals surface area contributed by atoms with Crippen molar-refractivity contribution >= 4 is 10.9 Å². The van der Waals surface area contributed by atoms with Crippen LogP contribution in [-0.2, 0) is 6.42 Å². The fraction of sp³-hybridized carbons (Fsp3) is 0.286. The van der Waals surface area contributed by atoms with E-state index >= 15 is 0 Å². The Morgan fingerprint density at radius 2 is 1.83 bits per heavy atom. The van der Waals surface area contributed by atoms with Crippen molar-refractivity contribution in [3.63, 3.8) is 0 Å². The lowest BCUT2D eigenvalue weighted by molar-refractivity contribution is 0.356.